The summed E-state index contributed by atoms with van der Waals surface area (Å²) in [5, 5.41) is 0. The van der Waals surface area contributed by atoms with Crippen LogP contribution in [0, 0.1) is 0 Å². The van der Waals surface area contributed by atoms with Crippen LogP contribution in [0.3, 0.4) is 0 Å². The van der Waals surface area contributed by atoms with Crippen LogP contribution in [0.15, 0.2) is 0 Å². The zero-order valence-electron chi connectivity index (χ0n) is 8.39. The Kier molecular flexibility index (Phi) is 6.63. The highest BCUT2D eigenvalue weighted by Gasteiger charge is 2.15. The molecular weight excluding hydrogens is 136 g/mol. The van der Waals surface area contributed by atoms with E-state index in [-0.39, 0.29) is 0 Å². The molecule has 0 spiro atoms. The van der Waals surface area contributed by atoms with Gasteiger partial charge in [0.15, 0.2) is 0 Å². The predicted octanol–water partition coefficient (Wildman–Crippen LogP) is 3.38. The van der Waals surface area contributed by atoms with Crippen molar-refractivity contribution in [1.82, 2.24) is 0 Å². The third kappa shape index (κ3) is 5.25. The topological polar surface area (TPSA) is 9.23 Å². The van der Waals surface area contributed by atoms with E-state index < -0.39 is 0 Å². The summed E-state index contributed by atoms with van der Waals surface area (Å²) in [7, 11) is 0. The highest BCUT2D eigenvalue weighted by atomic mass is 16.5. The molecule has 1 saturated carbocycles. The Hall–Kier alpha value is -0.0400. The second-order valence-electron chi connectivity index (χ2n) is 3.09. The molecule has 1 aliphatic rings. The van der Waals surface area contributed by atoms with Crippen LogP contribution in [-0.2, 0) is 4.74 Å². The minimum atomic E-state index is 0.424. The Morgan fingerprint density at radius 1 is 1.09 bits per heavy atom. The van der Waals surface area contributed by atoms with Crippen molar-refractivity contribution in [3.63, 3.8) is 0 Å². The number of ether oxygens (including phenoxy) is 1. The third-order valence-electron chi connectivity index (χ3n) is 1.77. The molecule has 0 saturated heterocycles. The number of rotatable bonds is 2. The average molecular weight is 158 g/mol. The van der Waals surface area contributed by atoms with Gasteiger partial charge in [-0.2, -0.15) is 0 Å². The maximum absolute atomic E-state index is 5.61. The van der Waals surface area contributed by atoms with Gasteiger partial charge in [0.1, 0.15) is 0 Å². The first-order valence-corrected chi connectivity index (χ1v) is 4.94. The molecule has 11 heavy (non-hydrogen) atoms. The molecule has 0 aliphatic heterocycles. The van der Waals surface area contributed by atoms with E-state index in [1.807, 2.05) is 13.8 Å². The zero-order chi connectivity index (χ0) is 8.69. The Morgan fingerprint density at radius 3 is 1.91 bits per heavy atom. The summed E-state index contributed by atoms with van der Waals surface area (Å²) in [5.41, 5.74) is 0. The van der Waals surface area contributed by atoms with Gasteiger partial charge in [0.25, 0.3) is 0 Å². The fourth-order valence-electron chi connectivity index (χ4n) is 1.41. The Morgan fingerprint density at radius 2 is 1.55 bits per heavy atom. The molecule has 1 fully saturated rings. The second kappa shape index (κ2) is 6.66. The normalized spacial score (nSPS) is 18.3. The van der Waals surface area contributed by atoms with E-state index in [0.29, 0.717) is 12.2 Å². The van der Waals surface area contributed by atoms with Gasteiger partial charge in [-0.05, 0) is 26.7 Å². The van der Waals surface area contributed by atoms with E-state index in [4.69, 9.17) is 4.74 Å². The first-order valence-electron chi connectivity index (χ1n) is 4.94. The van der Waals surface area contributed by atoms with Gasteiger partial charge in [0.2, 0.25) is 0 Å². The average Bonchev–Trinajstić information content (AvgIpc) is 2.43. The van der Waals surface area contributed by atoms with Gasteiger partial charge < -0.3 is 4.74 Å². The Bertz CT molecular complexity index is 72.9. The third-order valence-corrected chi connectivity index (χ3v) is 1.77. The van der Waals surface area contributed by atoms with Crippen molar-refractivity contribution < 1.29 is 4.74 Å². The largest absolute Gasteiger partial charge is 0.376 e. The van der Waals surface area contributed by atoms with Crippen LogP contribution in [0.25, 0.3) is 0 Å². The van der Waals surface area contributed by atoms with Crippen molar-refractivity contribution in [3.05, 3.63) is 0 Å². The molecule has 1 aliphatic carbocycles. The molecule has 0 aromatic rings. The molecule has 0 bridgehead atoms. The van der Waals surface area contributed by atoms with Crippen LogP contribution < -0.4 is 0 Å². The van der Waals surface area contributed by atoms with Crippen molar-refractivity contribution >= 4 is 0 Å². The van der Waals surface area contributed by atoms with Gasteiger partial charge in [-0.15, -0.1) is 0 Å². The summed E-state index contributed by atoms with van der Waals surface area (Å²) >= 11 is 0. The molecule has 1 nitrogen and oxygen atoms in total. The van der Waals surface area contributed by atoms with E-state index in [9.17, 15) is 0 Å². The second-order valence-corrected chi connectivity index (χ2v) is 3.09. The molecular formula is C10H22O. The van der Waals surface area contributed by atoms with Gasteiger partial charge in [-0.1, -0.05) is 26.7 Å². The highest BCUT2D eigenvalue weighted by molar-refractivity contribution is 4.67. The van der Waals surface area contributed by atoms with E-state index in [1.165, 1.54) is 25.7 Å². The lowest BCUT2D eigenvalue weighted by Crippen LogP contribution is -2.13. The summed E-state index contributed by atoms with van der Waals surface area (Å²) in [4.78, 5) is 0. The van der Waals surface area contributed by atoms with Crippen molar-refractivity contribution in [2.45, 2.75) is 65.6 Å². The van der Waals surface area contributed by atoms with Crippen molar-refractivity contribution in [3.8, 4) is 0 Å². The summed E-state index contributed by atoms with van der Waals surface area (Å²) in [5.74, 6) is 0. The standard InChI is InChI=1S/C8H16O.C2H6/c1-7(2)9-8-5-3-4-6-8;1-2/h7-8H,3-6H2,1-2H3;1-2H3. The van der Waals surface area contributed by atoms with Crippen LogP contribution in [0.1, 0.15) is 53.4 Å². The molecule has 0 aromatic carbocycles. The molecule has 0 amide bonds. The molecule has 0 aromatic heterocycles. The number of hydrogen-bond acceptors (Lipinski definition) is 1. The van der Waals surface area contributed by atoms with Crippen LogP contribution >= 0.6 is 0 Å². The molecule has 0 atom stereocenters. The van der Waals surface area contributed by atoms with E-state index in [0.717, 1.165) is 0 Å². The first kappa shape index (κ1) is 11.0. The summed E-state index contributed by atoms with van der Waals surface area (Å²) in [6.07, 6.45) is 6.34. The lowest BCUT2D eigenvalue weighted by atomic mass is 10.3. The summed E-state index contributed by atoms with van der Waals surface area (Å²) < 4.78 is 5.61. The minimum Gasteiger partial charge on any atom is -0.376 e. The fraction of sp³-hybridized carbons (Fsp3) is 1.00. The zero-order valence-corrected chi connectivity index (χ0v) is 8.39. The van der Waals surface area contributed by atoms with Gasteiger partial charge in [-0.25, -0.2) is 0 Å². The molecule has 0 heterocycles. The Labute approximate surface area is 71.1 Å². The van der Waals surface area contributed by atoms with Crippen LogP contribution in [0.2, 0.25) is 0 Å². The predicted molar refractivity (Wildman–Crippen MR) is 49.8 cm³/mol. The van der Waals surface area contributed by atoms with Gasteiger partial charge in [-0.3, -0.25) is 0 Å². The Balaban J connectivity index is 0.000000461. The number of hydrogen-bond donors (Lipinski definition) is 0. The van der Waals surface area contributed by atoms with Gasteiger partial charge >= 0.3 is 0 Å². The van der Waals surface area contributed by atoms with Gasteiger partial charge in [0.05, 0.1) is 12.2 Å². The molecule has 0 unspecified atom stereocenters. The lowest BCUT2D eigenvalue weighted by molar-refractivity contribution is 0.0126. The molecule has 1 rings (SSSR count). The fourth-order valence-corrected chi connectivity index (χ4v) is 1.41. The van der Waals surface area contributed by atoms with E-state index in [2.05, 4.69) is 13.8 Å². The van der Waals surface area contributed by atoms with Crippen LogP contribution in [-0.4, -0.2) is 12.2 Å². The molecule has 0 N–H and O–H groups in total. The maximum Gasteiger partial charge on any atom is 0.0578 e. The van der Waals surface area contributed by atoms with Crippen molar-refractivity contribution in [2.75, 3.05) is 0 Å². The molecule has 0 radical (unpaired) electrons. The highest BCUT2D eigenvalue weighted by Crippen LogP contribution is 2.21. The summed E-state index contributed by atoms with van der Waals surface area (Å²) in [6.45, 7) is 8.22. The minimum absolute atomic E-state index is 0.424. The van der Waals surface area contributed by atoms with Crippen LogP contribution in [0.5, 0.6) is 0 Å². The lowest BCUT2D eigenvalue weighted by Gasteiger charge is -2.13. The molecule has 68 valence electrons. The van der Waals surface area contributed by atoms with Crippen molar-refractivity contribution in [1.29, 1.82) is 0 Å². The quantitative estimate of drug-likeness (QED) is 0.598. The SMILES string of the molecule is CC.CC(C)OC1CCCC1. The smallest absolute Gasteiger partial charge is 0.0578 e. The maximum atomic E-state index is 5.61. The van der Waals surface area contributed by atoms with E-state index in [1.54, 1.807) is 0 Å². The van der Waals surface area contributed by atoms with E-state index >= 15 is 0 Å². The monoisotopic (exact) mass is 158 g/mol. The first-order chi connectivity index (χ1) is 5.29. The van der Waals surface area contributed by atoms with Gasteiger partial charge in [0, 0.05) is 0 Å². The summed E-state index contributed by atoms with van der Waals surface area (Å²) in [6, 6.07) is 0. The van der Waals surface area contributed by atoms with Crippen molar-refractivity contribution in [2.24, 2.45) is 0 Å². The molecule has 1 heteroatoms. The van der Waals surface area contributed by atoms with Crippen LogP contribution in [0.4, 0.5) is 0 Å².